The van der Waals surface area contributed by atoms with Crippen molar-refractivity contribution in [2.45, 2.75) is 13.3 Å². The Morgan fingerprint density at radius 2 is 2.00 bits per heavy atom. The summed E-state index contributed by atoms with van der Waals surface area (Å²) in [7, 11) is 0. The predicted molar refractivity (Wildman–Crippen MR) is 50.1 cm³/mol. The Labute approximate surface area is 76.7 Å². The van der Waals surface area contributed by atoms with Crippen molar-refractivity contribution in [2.75, 3.05) is 0 Å². The second-order valence-corrected chi connectivity index (χ2v) is 2.59. The van der Waals surface area contributed by atoms with Gasteiger partial charge in [-0.3, -0.25) is 4.79 Å². The first-order valence-corrected chi connectivity index (χ1v) is 4.10. The summed E-state index contributed by atoms with van der Waals surface area (Å²) in [6.45, 7) is 1.73. The molecule has 0 radical (unpaired) electrons. The van der Waals surface area contributed by atoms with Gasteiger partial charge < -0.3 is 5.21 Å². The molecule has 0 aromatic heterocycles. The van der Waals surface area contributed by atoms with Gasteiger partial charge in [-0.1, -0.05) is 42.4 Å². The van der Waals surface area contributed by atoms with E-state index in [-0.39, 0.29) is 11.5 Å². The SMILES string of the molecule is CCC(=O)/C(=N\O)c1ccccc1. The summed E-state index contributed by atoms with van der Waals surface area (Å²) in [5.41, 5.74) is 0.778. The van der Waals surface area contributed by atoms with Crippen LogP contribution < -0.4 is 0 Å². The topological polar surface area (TPSA) is 49.7 Å². The summed E-state index contributed by atoms with van der Waals surface area (Å²) in [4.78, 5) is 11.3. The largest absolute Gasteiger partial charge is 0.410 e. The first kappa shape index (κ1) is 9.45. The number of carbonyl (C=O) groups is 1. The van der Waals surface area contributed by atoms with Gasteiger partial charge in [0.2, 0.25) is 0 Å². The summed E-state index contributed by atoms with van der Waals surface area (Å²) >= 11 is 0. The summed E-state index contributed by atoms with van der Waals surface area (Å²) in [5.74, 6) is -0.159. The standard InChI is InChI=1S/C10H11NO2/c1-2-9(12)10(11-13)8-6-4-3-5-7-8/h3-7,13H,2H2,1H3/b11-10-. The first-order valence-electron chi connectivity index (χ1n) is 4.10. The second kappa shape index (κ2) is 4.40. The van der Waals surface area contributed by atoms with E-state index in [1.165, 1.54) is 0 Å². The molecule has 0 bridgehead atoms. The van der Waals surface area contributed by atoms with Crippen LogP contribution in [0.15, 0.2) is 35.5 Å². The minimum atomic E-state index is -0.159. The molecule has 0 unspecified atom stereocenters. The van der Waals surface area contributed by atoms with Crippen LogP contribution in [0, 0.1) is 0 Å². The smallest absolute Gasteiger partial charge is 0.184 e. The van der Waals surface area contributed by atoms with Crippen LogP contribution in [0.5, 0.6) is 0 Å². The zero-order chi connectivity index (χ0) is 9.68. The zero-order valence-electron chi connectivity index (χ0n) is 7.40. The van der Waals surface area contributed by atoms with Crippen LogP contribution in [-0.2, 0) is 4.79 Å². The molecular weight excluding hydrogens is 166 g/mol. The molecule has 0 aliphatic rings. The third kappa shape index (κ3) is 2.15. The van der Waals surface area contributed by atoms with Gasteiger partial charge in [0, 0.05) is 12.0 Å². The molecule has 0 amide bonds. The Bertz CT molecular complexity index is 317. The lowest BCUT2D eigenvalue weighted by Gasteiger charge is -2.00. The van der Waals surface area contributed by atoms with Crippen LogP contribution in [0.4, 0.5) is 0 Å². The zero-order valence-corrected chi connectivity index (χ0v) is 7.40. The van der Waals surface area contributed by atoms with E-state index in [0.29, 0.717) is 12.0 Å². The molecule has 0 saturated carbocycles. The van der Waals surface area contributed by atoms with Gasteiger partial charge in [-0.25, -0.2) is 0 Å². The van der Waals surface area contributed by atoms with Gasteiger partial charge in [0.15, 0.2) is 11.5 Å². The van der Waals surface area contributed by atoms with Gasteiger partial charge in [-0.2, -0.15) is 0 Å². The minimum Gasteiger partial charge on any atom is -0.410 e. The number of benzene rings is 1. The van der Waals surface area contributed by atoms with E-state index < -0.39 is 0 Å². The minimum absolute atomic E-state index is 0.128. The monoisotopic (exact) mass is 177 g/mol. The molecular formula is C10H11NO2. The van der Waals surface area contributed by atoms with E-state index >= 15 is 0 Å². The lowest BCUT2D eigenvalue weighted by molar-refractivity contribution is -0.112. The molecule has 0 aliphatic heterocycles. The number of Topliss-reactive ketones (excluding diaryl/α,β-unsaturated/α-hetero) is 1. The molecule has 13 heavy (non-hydrogen) atoms. The Hall–Kier alpha value is -1.64. The Balaban J connectivity index is 3.00. The molecule has 0 spiro atoms. The van der Waals surface area contributed by atoms with Gasteiger partial charge in [-0.05, 0) is 0 Å². The third-order valence-corrected chi connectivity index (χ3v) is 1.73. The van der Waals surface area contributed by atoms with Crippen molar-refractivity contribution in [1.82, 2.24) is 0 Å². The van der Waals surface area contributed by atoms with Crippen molar-refractivity contribution < 1.29 is 10.0 Å². The number of carbonyl (C=O) groups excluding carboxylic acids is 1. The molecule has 68 valence electrons. The number of hydrogen-bond acceptors (Lipinski definition) is 3. The summed E-state index contributed by atoms with van der Waals surface area (Å²) < 4.78 is 0. The molecule has 0 heterocycles. The Kier molecular flexibility index (Phi) is 3.20. The lowest BCUT2D eigenvalue weighted by Crippen LogP contribution is -2.14. The Morgan fingerprint density at radius 1 is 1.38 bits per heavy atom. The van der Waals surface area contributed by atoms with Crippen LogP contribution in [0.2, 0.25) is 0 Å². The van der Waals surface area contributed by atoms with E-state index in [1.807, 2.05) is 6.07 Å². The number of nitrogens with zero attached hydrogens (tertiary/aromatic N) is 1. The molecule has 0 fully saturated rings. The average molecular weight is 177 g/mol. The lowest BCUT2D eigenvalue weighted by atomic mass is 10.1. The number of oxime groups is 1. The van der Waals surface area contributed by atoms with Crippen LogP contribution >= 0.6 is 0 Å². The van der Waals surface area contributed by atoms with E-state index in [0.717, 1.165) is 0 Å². The highest BCUT2D eigenvalue weighted by molar-refractivity contribution is 6.45. The summed E-state index contributed by atoms with van der Waals surface area (Å²) in [6, 6.07) is 8.91. The molecule has 0 atom stereocenters. The molecule has 1 N–H and O–H groups in total. The van der Waals surface area contributed by atoms with Crippen molar-refractivity contribution in [3.05, 3.63) is 35.9 Å². The van der Waals surface area contributed by atoms with Crippen molar-refractivity contribution >= 4 is 11.5 Å². The second-order valence-electron chi connectivity index (χ2n) is 2.59. The van der Waals surface area contributed by atoms with E-state index in [1.54, 1.807) is 31.2 Å². The fourth-order valence-corrected chi connectivity index (χ4v) is 1.04. The van der Waals surface area contributed by atoms with Crippen molar-refractivity contribution in [2.24, 2.45) is 5.16 Å². The molecule has 0 aliphatic carbocycles. The fraction of sp³-hybridized carbons (Fsp3) is 0.200. The van der Waals surface area contributed by atoms with E-state index in [9.17, 15) is 4.79 Å². The van der Waals surface area contributed by atoms with Gasteiger partial charge in [0.1, 0.15) is 0 Å². The maximum Gasteiger partial charge on any atom is 0.184 e. The molecule has 3 heteroatoms. The number of rotatable bonds is 3. The normalized spacial score (nSPS) is 11.3. The Morgan fingerprint density at radius 3 is 2.46 bits per heavy atom. The maximum atomic E-state index is 11.3. The summed E-state index contributed by atoms with van der Waals surface area (Å²) in [6.07, 6.45) is 0.342. The average Bonchev–Trinajstić information content (AvgIpc) is 2.20. The van der Waals surface area contributed by atoms with Crippen molar-refractivity contribution in [3.63, 3.8) is 0 Å². The fourth-order valence-electron chi connectivity index (χ4n) is 1.04. The molecule has 1 aromatic carbocycles. The molecule has 0 saturated heterocycles. The molecule has 3 nitrogen and oxygen atoms in total. The molecule has 1 rings (SSSR count). The van der Waals surface area contributed by atoms with Crippen LogP contribution in [0.1, 0.15) is 18.9 Å². The number of hydrogen-bond donors (Lipinski definition) is 1. The van der Waals surface area contributed by atoms with Gasteiger partial charge in [0.25, 0.3) is 0 Å². The van der Waals surface area contributed by atoms with Crippen molar-refractivity contribution in [3.8, 4) is 0 Å². The van der Waals surface area contributed by atoms with Crippen LogP contribution in [-0.4, -0.2) is 16.7 Å². The molecule has 1 aromatic rings. The highest BCUT2D eigenvalue weighted by Gasteiger charge is 2.11. The maximum absolute atomic E-state index is 11.3. The summed E-state index contributed by atoms with van der Waals surface area (Å²) in [5, 5.41) is 11.6. The number of ketones is 1. The van der Waals surface area contributed by atoms with E-state index in [2.05, 4.69) is 5.16 Å². The van der Waals surface area contributed by atoms with Crippen LogP contribution in [0.3, 0.4) is 0 Å². The highest BCUT2D eigenvalue weighted by Crippen LogP contribution is 2.03. The van der Waals surface area contributed by atoms with Gasteiger partial charge in [-0.15, -0.1) is 0 Å². The quantitative estimate of drug-likeness (QED) is 0.435. The van der Waals surface area contributed by atoms with Gasteiger partial charge in [0.05, 0.1) is 0 Å². The van der Waals surface area contributed by atoms with E-state index in [4.69, 9.17) is 5.21 Å². The van der Waals surface area contributed by atoms with Crippen LogP contribution in [0.25, 0.3) is 0 Å². The highest BCUT2D eigenvalue weighted by atomic mass is 16.4. The predicted octanol–water partition coefficient (Wildman–Crippen LogP) is 1.84. The van der Waals surface area contributed by atoms with Gasteiger partial charge >= 0.3 is 0 Å². The third-order valence-electron chi connectivity index (χ3n) is 1.73. The first-order chi connectivity index (χ1) is 6.29. The van der Waals surface area contributed by atoms with Crippen molar-refractivity contribution in [1.29, 1.82) is 0 Å².